The third kappa shape index (κ3) is 5.54. The normalized spacial score (nSPS) is 9.00. The second kappa shape index (κ2) is 8.82. The number of carbonyl (C=O) groups excluding carboxylic acids is 1. The molecule has 0 aliphatic carbocycles. The van der Waals surface area contributed by atoms with E-state index in [2.05, 4.69) is 24.1 Å². The van der Waals surface area contributed by atoms with E-state index in [1.54, 1.807) is 20.0 Å². The van der Waals surface area contributed by atoms with Crippen LogP contribution in [0.2, 0.25) is 5.15 Å². The van der Waals surface area contributed by atoms with Crippen molar-refractivity contribution in [2.24, 2.45) is 0 Å². The molecule has 0 radical (unpaired) electrons. The highest BCUT2D eigenvalue weighted by Crippen LogP contribution is 2.18. The lowest BCUT2D eigenvalue weighted by atomic mass is 10.2. The molecular formula is C12H19ClN2O2. The van der Waals surface area contributed by atoms with Gasteiger partial charge in [-0.25, -0.2) is 9.78 Å². The summed E-state index contributed by atoms with van der Waals surface area (Å²) in [5.74, 6) is -0.402. The highest BCUT2D eigenvalue weighted by atomic mass is 35.5. The minimum Gasteiger partial charge on any atom is -0.462 e. The van der Waals surface area contributed by atoms with Crippen LogP contribution in [-0.4, -0.2) is 24.6 Å². The van der Waals surface area contributed by atoms with Crippen molar-refractivity contribution >= 4 is 23.3 Å². The van der Waals surface area contributed by atoms with Gasteiger partial charge in [-0.05, 0) is 13.0 Å². The van der Waals surface area contributed by atoms with E-state index < -0.39 is 5.97 Å². The average Bonchev–Trinajstić information content (AvgIpc) is 2.30. The molecule has 96 valence electrons. The van der Waals surface area contributed by atoms with E-state index in [1.165, 1.54) is 12.6 Å². The maximum Gasteiger partial charge on any atom is 0.341 e. The Labute approximate surface area is 107 Å². The molecule has 1 heterocycles. The summed E-state index contributed by atoms with van der Waals surface area (Å²) in [5, 5.41) is 3.19. The van der Waals surface area contributed by atoms with Crippen LogP contribution in [0.25, 0.3) is 0 Å². The lowest BCUT2D eigenvalue weighted by molar-refractivity contribution is 0.0527. The number of halogens is 1. The van der Waals surface area contributed by atoms with Crippen LogP contribution in [0.15, 0.2) is 12.3 Å². The van der Waals surface area contributed by atoms with Crippen molar-refractivity contribution in [3.63, 3.8) is 0 Å². The summed E-state index contributed by atoms with van der Waals surface area (Å²) < 4.78 is 4.85. The topological polar surface area (TPSA) is 51.2 Å². The summed E-state index contributed by atoms with van der Waals surface area (Å²) in [6.45, 7) is 6.34. The molecule has 1 aromatic heterocycles. The van der Waals surface area contributed by atoms with E-state index in [9.17, 15) is 4.79 Å². The molecule has 0 aromatic carbocycles. The van der Waals surface area contributed by atoms with E-state index in [4.69, 9.17) is 16.3 Å². The van der Waals surface area contributed by atoms with Crippen LogP contribution in [0, 0.1) is 0 Å². The Morgan fingerprint density at radius 3 is 2.53 bits per heavy atom. The van der Waals surface area contributed by atoms with Gasteiger partial charge in [0.2, 0.25) is 0 Å². The van der Waals surface area contributed by atoms with Crippen LogP contribution >= 0.6 is 11.6 Å². The van der Waals surface area contributed by atoms with E-state index in [1.807, 2.05) is 0 Å². The number of rotatable bonds is 3. The van der Waals surface area contributed by atoms with Crippen LogP contribution in [-0.2, 0) is 4.74 Å². The summed E-state index contributed by atoms with van der Waals surface area (Å²) in [5.41, 5.74) is 1.00. The third-order valence-electron chi connectivity index (χ3n) is 1.64. The first-order chi connectivity index (χ1) is 8.10. The SMILES string of the molecule is CCC.CCOC(=O)c1cnc(Cl)cc1NC. The van der Waals surface area contributed by atoms with Crippen molar-refractivity contribution in [3.8, 4) is 0 Å². The number of hydrogen-bond donors (Lipinski definition) is 1. The Bertz CT molecular complexity index is 356. The van der Waals surface area contributed by atoms with Crippen molar-refractivity contribution in [2.45, 2.75) is 27.2 Å². The standard InChI is InChI=1S/C9H11ClN2O2.C3H8/c1-3-14-9(13)6-5-12-8(10)4-7(6)11-2;1-3-2/h4-5H,3H2,1-2H3,(H,11,12);3H2,1-2H3. The first-order valence-corrected chi connectivity index (χ1v) is 5.98. The summed E-state index contributed by atoms with van der Waals surface area (Å²) in [7, 11) is 1.70. The smallest absolute Gasteiger partial charge is 0.341 e. The van der Waals surface area contributed by atoms with Gasteiger partial charge < -0.3 is 10.1 Å². The van der Waals surface area contributed by atoms with E-state index in [0.717, 1.165) is 0 Å². The summed E-state index contributed by atoms with van der Waals surface area (Å²) >= 11 is 5.67. The molecule has 1 aromatic rings. The predicted octanol–water partition coefficient (Wildman–Crippen LogP) is 3.37. The van der Waals surface area contributed by atoms with Crippen molar-refractivity contribution in [2.75, 3.05) is 19.0 Å². The van der Waals surface area contributed by atoms with Gasteiger partial charge in [0.25, 0.3) is 0 Å². The predicted molar refractivity (Wildman–Crippen MR) is 70.7 cm³/mol. The molecule has 0 fully saturated rings. The summed E-state index contributed by atoms with van der Waals surface area (Å²) in [4.78, 5) is 15.2. The molecule has 5 heteroatoms. The molecule has 0 spiro atoms. The van der Waals surface area contributed by atoms with Crippen molar-refractivity contribution in [1.29, 1.82) is 0 Å². The van der Waals surface area contributed by atoms with Gasteiger partial charge in [0.05, 0.1) is 12.3 Å². The minimum absolute atomic E-state index is 0.336. The zero-order chi connectivity index (χ0) is 13.3. The largest absolute Gasteiger partial charge is 0.462 e. The van der Waals surface area contributed by atoms with Gasteiger partial charge in [-0.3, -0.25) is 0 Å². The van der Waals surface area contributed by atoms with Gasteiger partial charge >= 0.3 is 5.97 Å². The monoisotopic (exact) mass is 258 g/mol. The van der Waals surface area contributed by atoms with Crippen LogP contribution in [0.5, 0.6) is 0 Å². The van der Waals surface area contributed by atoms with Gasteiger partial charge in [-0.2, -0.15) is 0 Å². The van der Waals surface area contributed by atoms with Crippen molar-refractivity contribution < 1.29 is 9.53 Å². The Balaban J connectivity index is 0.000000770. The Kier molecular flexibility index (Phi) is 8.15. The molecule has 0 aliphatic rings. The molecular weight excluding hydrogens is 240 g/mol. The summed E-state index contributed by atoms with van der Waals surface area (Å²) in [6, 6.07) is 1.58. The van der Waals surface area contributed by atoms with Crippen LogP contribution < -0.4 is 5.32 Å². The van der Waals surface area contributed by atoms with Crippen LogP contribution in [0.3, 0.4) is 0 Å². The fourth-order valence-electron chi connectivity index (χ4n) is 1.01. The molecule has 0 bridgehead atoms. The number of pyridine rings is 1. The lowest BCUT2D eigenvalue weighted by Crippen LogP contribution is -2.08. The van der Waals surface area contributed by atoms with E-state index in [-0.39, 0.29) is 0 Å². The number of esters is 1. The highest BCUT2D eigenvalue weighted by Gasteiger charge is 2.12. The second-order valence-corrected chi connectivity index (χ2v) is 3.62. The average molecular weight is 259 g/mol. The molecule has 17 heavy (non-hydrogen) atoms. The molecule has 4 nitrogen and oxygen atoms in total. The van der Waals surface area contributed by atoms with Crippen molar-refractivity contribution in [3.05, 3.63) is 23.0 Å². The number of anilines is 1. The molecule has 0 unspecified atom stereocenters. The quantitative estimate of drug-likeness (QED) is 0.667. The lowest BCUT2D eigenvalue weighted by Gasteiger charge is -2.07. The van der Waals surface area contributed by atoms with E-state index in [0.29, 0.717) is 23.0 Å². The highest BCUT2D eigenvalue weighted by molar-refractivity contribution is 6.29. The summed E-state index contributed by atoms with van der Waals surface area (Å²) in [6.07, 6.45) is 2.64. The molecule has 0 atom stereocenters. The molecule has 0 aliphatic heterocycles. The number of nitrogens with one attached hydrogen (secondary N) is 1. The number of hydrogen-bond acceptors (Lipinski definition) is 4. The molecule has 1 rings (SSSR count). The fourth-order valence-corrected chi connectivity index (χ4v) is 1.17. The number of nitrogens with zero attached hydrogens (tertiary/aromatic N) is 1. The first kappa shape index (κ1) is 15.7. The number of aromatic nitrogens is 1. The Hall–Kier alpha value is -1.29. The zero-order valence-corrected chi connectivity index (χ0v) is 11.5. The molecule has 0 amide bonds. The number of carbonyl (C=O) groups is 1. The van der Waals surface area contributed by atoms with E-state index >= 15 is 0 Å². The molecule has 1 N–H and O–H groups in total. The van der Waals surface area contributed by atoms with Gasteiger partial charge in [-0.15, -0.1) is 0 Å². The number of ether oxygens (including phenoxy) is 1. The Morgan fingerprint density at radius 1 is 1.47 bits per heavy atom. The molecule has 0 saturated heterocycles. The Morgan fingerprint density at radius 2 is 2.06 bits per heavy atom. The van der Waals surface area contributed by atoms with Gasteiger partial charge in [-0.1, -0.05) is 31.9 Å². The van der Waals surface area contributed by atoms with Crippen molar-refractivity contribution in [1.82, 2.24) is 4.98 Å². The van der Waals surface area contributed by atoms with Gasteiger partial charge in [0.15, 0.2) is 0 Å². The maximum atomic E-state index is 11.4. The van der Waals surface area contributed by atoms with Crippen LogP contribution in [0.4, 0.5) is 5.69 Å². The second-order valence-electron chi connectivity index (χ2n) is 3.23. The van der Waals surface area contributed by atoms with Gasteiger partial charge in [0, 0.05) is 13.2 Å². The molecule has 0 saturated carbocycles. The third-order valence-corrected chi connectivity index (χ3v) is 1.84. The zero-order valence-electron chi connectivity index (χ0n) is 10.7. The minimum atomic E-state index is -0.402. The van der Waals surface area contributed by atoms with Gasteiger partial charge in [0.1, 0.15) is 10.7 Å². The fraction of sp³-hybridized carbons (Fsp3) is 0.500. The van der Waals surface area contributed by atoms with Crippen LogP contribution in [0.1, 0.15) is 37.6 Å². The first-order valence-electron chi connectivity index (χ1n) is 5.61. The maximum absolute atomic E-state index is 11.4.